The molecule has 1 saturated heterocycles. The van der Waals surface area contributed by atoms with Crippen molar-refractivity contribution in [3.63, 3.8) is 0 Å². The molecule has 2 heterocycles. The Morgan fingerprint density at radius 3 is 2.81 bits per heavy atom. The van der Waals surface area contributed by atoms with Crippen LogP contribution in [0.25, 0.3) is 10.6 Å². The van der Waals surface area contributed by atoms with Gasteiger partial charge in [0, 0.05) is 30.6 Å². The second kappa shape index (κ2) is 10.7. The van der Waals surface area contributed by atoms with Gasteiger partial charge < -0.3 is 14.8 Å². The molecule has 0 saturated carbocycles. The van der Waals surface area contributed by atoms with Crippen LogP contribution in [-0.4, -0.2) is 48.2 Å². The third-order valence-corrected chi connectivity index (χ3v) is 6.04. The highest BCUT2D eigenvalue weighted by Gasteiger charge is 2.14. The van der Waals surface area contributed by atoms with Crippen molar-refractivity contribution < 1.29 is 14.3 Å². The molecular weight excluding hydrogens is 422 g/mol. The van der Waals surface area contributed by atoms with Crippen LogP contribution in [0.5, 0.6) is 5.75 Å². The molecule has 6 nitrogen and oxygen atoms in total. The fraction of sp³-hybridized carbons (Fsp3) is 0.360. The zero-order chi connectivity index (χ0) is 22.3. The SMILES string of the molecule is CC(C)Oc1ccccc1NC(=O)Cc1csc(-c2cccc(CN3CCOCC3)c2)n1. The molecule has 0 atom stereocenters. The molecule has 168 valence electrons. The van der Waals surface area contributed by atoms with Gasteiger partial charge in [-0.3, -0.25) is 9.69 Å². The molecule has 2 aromatic carbocycles. The Morgan fingerprint density at radius 1 is 1.19 bits per heavy atom. The molecule has 0 unspecified atom stereocenters. The normalized spacial score (nSPS) is 14.5. The number of amides is 1. The van der Waals surface area contributed by atoms with Crippen molar-refractivity contribution in [3.05, 3.63) is 65.2 Å². The average molecular weight is 452 g/mol. The number of rotatable bonds is 8. The predicted octanol–water partition coefficient (Wildman–Crippen LogP) is 4.61. The monoisotopic (exact) mass is 451 g/mol. The van der Waals surface area contributed by atoms with Gasteiger partial charge in [-0.1, -0.05) is 30.3 Å². The largest absolute Gasteiger partial charge is 0.489 e. The molecule has 7 heteroatoms. The fourth-order valence-electron chi connectivity index (χ4n) is 3.63. The van der Waals surface area contributed by atoms with Gasteiger partial charge in [-0.25, -0.2) is 4.98 Å². The molecule has 1 amide bonds. The smallest absolute Gasteiger partial charge is 0.230 e. The Bertz CT molecular complexity index is 1040. The number of anilines is 1. The summed E-state index contributed by atoms with van der Waals surface area (Å²) in [5.41, 5.74) is 3.80. The van der Waals surface area contributed by atoms with Crippen LogP contribution in [0.4, 0.5) is 5.69 Å². The number of nitrogens with zero attached hydrogens (tertiary/aromatic N) is 2. The lowest BCUT2D eigenvalue weighted by atomic mass is 10.1. The second-order valence-corrected chi connectivity index (χ2v) is 8.98. The van der Waals surface area contributed by atoms with Gasteiger partial charge in [0.15, 0.2) is 0 Å². The first-order valence-electron chi connectivity index (χ1n) is 11.0. The van der Waals surface area contributed by atoms with Crippen molar-refractivity contribution in [2.24, 2.45) is 0 Å². The third-order valence-electron chi connectivity index (χ3n) is 5.10. The van der Waals surface area contributed by atoms with Gasteiger partial charge in [-0.05, 0) is 37.6 Å². The maximum Gasteiger partial charge on any atom is 0.230 e. The number of hydrogen-bond acceptors (Lipinski definition) is 6. The molecule has 1 aromatic heterocycles. The molecule has 1 N–H and O–H groups in total. The van der Waals surface area contributed by atoms with E-state index in [0.29, 0.717) is 11.4 Å². The molecule has 4 rings (SSSR count). The zero-order valence-corrected chi connectivity index (χ0v) is 19.4. The van der Waals surface area contributed by atoms with Gasteiger partial charge in [-0.15, -0.1) is 11.3 Å². The van der Waals surface area contributed by atoms with Crippen molar-refractivity contribution in [2.75, 3.05) is 31.6 Å². The van der Waals surface area contributed by atoms with Crippen molar-refractivity contribution in [1.29, 1.82) is 0 Å². The van der Waals surface area contributed by atoms with E-state index >= 15 is 0 Å². The maximum absolute atomic E-state index is 12.6. The van der Waals surface area contributed by atoms with Crippen LogP contribution in [0, 0.1) is 0 Å². The molecule has 0 radical (unpaired) electrons. The standard InChI is InChI=1S/C25H29N3O3S/c1-18(2)31-23-9-4-3-8-22(23)27-24(29)15-21-17-32-25(26-21)20-7-5-6-19(14-20)16-28-10-12-30-13-11-28/h3-9,14,17-18H,10-13,15-16H2,1-2H3,(H,27,29). The van der Waals surface area contributed by atoms with Crippen molar-refractivity contribution in [2.45, 2.75) is 32.9 Å². The fourth-order valence-corrected chi connectivity index (χ4v) is 4.44. The number of hydrogen-bond donors (Lipinski definition) is 1. The number of carbonyl (C=O) groups is 1. The summed E-state index contributed by atoms with van der Waals surface area (Å²) in [7, 11) is 0. The number of para-hydroxylation sites is 2. The molecule has 0 spiro atoms. The molecule has 32 heavy (non-hydrogen) atoms. The topological polar surface area (TPSA) is 63.7 Å². The first-order chi connectivity index (χ1) is 15.6. The van der Waals surface area contributed by atoms with Crippen molar-refractivity contribution in [1.82, 2.24) is 9.88 Å². The molecule has 1 fully saturated rings. The number of thiazole rings is 1. The van der Waals surface area contributed by atoms with Crippen LogP contribution in [-0.2, 0) is 22.5 Å². The van der Waals surface area contributed by atoms with Gasteiger partial charge in [0.05, 0.1) is 37.1 Å². The summed E-state index contributed by atoms with van der Waals surface area (Å²) < 4.78 is 11.2. The Kier molecular flexibility index (Phi) is 7.52. The lowest BCUT2D eigenvalue weighted by Crippen LogP contribution is -2.35. The maximum atomic E-state index is 12.6. The highest BCUT2D eigenvalue weighted by molar-refractivity contribution is 7.13. The van der Waals surface area contributed by atoms with E-state index in [1.54, 1.807) is 11.3 Å². The summed E-state index contributed by atoms with van der Waals surface area (Å²) in [6.07, 6.45) is 0.258. The Labute approximate surface area is 193 Å². The number of nitrogens with one attached hydrogen (secondary N) is 1. The van der Waals surface area contributed by atoms with Gasteiger partial charge in [0.1, 0.15) is 10.8 Å². The van der Waals surface area contributed by atoms with E-state index in [-0.39, 0.29) is 18.4 Å². The Balaban J connectivity index is 1.39. The molecule has 0 aliphatic carbocycles. The van der Waals surface area contributed by atoms with Crippen molar-refractivity contribution >= 4 is 22.9 Å². The van der Waals surface area contributed by atoms with E-state index in [1.807, 2.05) is 43.5 Å². The summed E-state index contributed by atoms with van der Waals surface area (Å²) in [6.45, 7) is 8.36. The van der Waals surface area contributed by atoms with Crippen LogP contribution in [0.1, 0.15) is 25.1 Å². The van der Waals surface area contributed by atoms with Gasteiger partial charge in [0.25, 0.3) is 0 Å². The van der Waals surface area contributed by atoms with Gasteiger partial charge in [-0.2, -0.15) is 0 Å². The summed E-state index contributed by atoms with van der Waals surface area (Å²) >= 11 is 1.57. The predicted molar refractivity (Wildman–Crippen MR) is 128 cm³/mol. The first kappa shape index (κ1) is 22.5. The first-order valence-corrected chi connectivity index (χ1v) is 11.8. The van der Waals surface area contributed by atoms with Gasteiger partial charge in [0.2, 0.25) is 5.91 Å². The highest BCUT2D eigenvalue weighted by atomic mass is 32.1. The summed E-state index contributed by atoms with van der Waals surface area (Å²) in [5, 5.41) is 5.84. The minimum Gasteiger partial charge on any atom is -0.489 e. The molecular formula is C25H29N3O3S. The van der Waals surface area contributed by atoms with Crippen LogP contribution in [0.2, 0.25) is 0 Å². The quantitative estimate of drug-likeness (QED) is 0.542. The van der Waals surface area contributed by atoms with E-state index in [0.717, 1.165) is 49.1 Å². The van der Waals surface area contributed by atoms with E-state index < -0.39 is 0 Å². The number of carbonyl (C=O) groups excluding carboxylic acids is 1. The molecule has 1 aliphatic heterocycles. The minimum absolute atomic E-state index is 0.0353. The third kappa shape index (κ3) is 6.16. The molecule has 0 bridgehead atoms. The van der Waals surface area contributed by atoms with E-state index in [4.69, 9.17) is 14.5 Å². The minimum atomic E-state index is -0.109. The van der Waals surface area contributed by atoms with Crippen LogP contribution >= 0.6 is 11.3 Å². The summed E-state index contributed by atoms with van der Waals surface area (Å²) in [6, 6.07) is 16.0. The number of ether oxygens (including phenoxy) is 2. The highest BCUT2D eigenvalue weighted by Crippen LogP contribution is 2.27. The van der Waals surface area contributed by atoms with Crippen LogP contribution in [0.3, 0.4) is 0 Å². The number of morpholine rings is 1. The molecule has 3 aromatic rings. The average Bonchev–Trinajstić information content (AvgIpc) is 3.24. The lowest BCUT2D eigenvalue weighted by molar-refractivity contribution is -0.115. The van der Waals surface area contributed by atoms with E-state index in [9.17, 15) is 4.79 Å². The zero-order valence-electron chi connectivity index (χ0n) is 18.5. The lowest BCUT2D eigenvalue weighted by Gasteiger charge is -2.26. The van der Waals surface area contributed by atoms with Crippen molar-refractivity contribution in [3.8, 4) is 16.3 Å². The number of aromatic nitrogens is 1. The van der Waals surface area contributed by atoms with E-state index in [1.165, 1.54) is 5.56 Å². The van der Waals surface area contributed by atoms with E-state index in [2.05, 4.69) is 34.5 Å². The van der Waals surface area contributed by atoms with Crippen LogP contribution in [0.15, 0.2) is 53.9 Å². The Morgan fingerprint density at radius 2 is 2.00 bits per heavy atom. The summed E-state index contributed by atoms with van der Waals surface area (Å²) in [4.78, 5) is 19.7. The Hall–Kier alpha value is -2.74. The van der Waals surface area contributed by atoms with Gasteiger partial charge >= 0.3 is 0 Å². The second-order valence-electron chi connectivity index (χ2n) is 8.12. The molecule has 1 aliphatic rings. The van der Waals surface area contributed by atoms with Crippen LogP contribution < -0.4 is 10.1 Å². The number of benzene rings is 2. The summed E-state index contributed by atoms with van der Waals surface area (Å²) in [5.74, 6) is 0.564.